The summed E-state index contributed by atoms with van der Waals surface area (Å²) in [5, 5.41) is 23.2. The van der Waals surface area contributed by atoms with E-state index < -0.39 is 17.5 Å². The molecule has 3 N–H and O–H groups in total. The van der Waals surface area contributed by atoms with E-state index in [0.717, 1.165) is 67.3 Å². The third-order valence-electron chi connectivity index (χ3n) is 9.65. The van der Waals surface area contributed by atoms with Crippen LogP contribution in [0.5, 0.6) is 0 Å². The Labute approximate surface area is 231 Å². The van der Waals surface area contributed by atoms with Gasteiger partial charge in [-0.2, -0.15) is 0 Å². The number of hydrogen-bond donors (Lipinski definition) is 3. The van der Waals surface area contributed by atoms with Crippen molar-refractivity contribution in [2.24, 2.45) is 24.8 Å². The summed E-state index contributed by atoms with van der Waals surface area (Å²) >= 11 is 0. The molecule has 0 aliphatic heterocycles. The highest BCUT2D eigenvalue weighted by atomic mass is 19.1. The number of nitrogens with zero attached hydrogens (tertiary/aromatic N) is 1. The summed E-state index contributed by atoms with van der Waals surface area (Å²) in [6.07, 6.45) is 7.76. The predicted molar refractivity (Wildman–Crippen MR) is 149 cm³/mol. The van der Waals surface area contributed by atoms with E-state index >= 15 is 0 Å². The molecule has 7 heteroatoms. The predicted octanol–water partition coefficient (Wildman–Crippen LogP) is 5.88. The van der Waals surface area contributed by atoms with Crippen molar-refractivity contribution in [1.82, 2.24) is 9.88 Å². The van der Waals surface area contributed by atoms with E-state index in [4.69, 9.17) is 0 Å². The number of hydrogen-bond acceptors (Lipinski definition) is 3. The number of halogens is 1. The molecule has 3 fully saturated rings. The second-order valence-electron chi connectivity index (χ2n) is 13.3. The first-order valence-electron chi connectivity index (χ1n) is 14.5. The molecular formula is C32H43FN2O4. The van der Waals surface area contributed by atoms with Crippen molar-refractivity contribution in [3.8, 4) is 11.1 Å². The van der Waals surface area contributed by atoms with Gasteiger partial charge in [0.25, 0.3) is 5.91 Å². The van der Waals surface area contributed by atoms with Crippen molar-refractivity contribution in [2.75, 3.05) is 6.67 Å². The molecule has 5 rings (SSSR count). The van der Waals surface area contributed by atoms with Gasteiger partial charge in [0.15, 0.2) is 0 Å². The number of carboxylic acids is 1. The summed E-state index contributed by atoms with van der Waals surface area (Å²) in [6.45, 7) is 5.59. The molecule has 3 aliphatic rings. The van der Waals surface area contributed by atoms with Crippen molar-refractivity contribution < 1.29 is 24.2 Å². The quantitative estimate of drug-likeness (QED) is 0.372. The number of alkyl halides is 1. The van der Waals surface area contributed by atoms with Gasteiger partial charge >= 0.3 is 5.97 Å². The zero-order chi connectivity index (χ0) is 28.1. The van der Waals surface area contributed by atoms with Gasteiger partial charge in [-0.15, -0.1) is 0 Å². The average molecular weight is 539 g/mol. The molecule has 3 aliphatic carbocycles. The first kappa shape index (κ1) is 27.9. The molecule has 1 amide bonds. The minimum Gasteiger partial charge on any atom is -0.481 e. The molecule has 0 radical (unpaired) electrons. The van der Waals surface area contributed by atoms with Crippen molar-refractivity contribution in [3.63, 3.8) is 0 Å². The highest BCUT2D eigenvalue weighted by Gasteiger charge is 2.40. The van der Waals surface area contributed by atoms with E-state index in [-0.39, 0.29) is 30.0 Å². The number of carboxylic acid groups (broad SMARTS) is 1. The second-order valence-corrected chi connectivity index (χ2v) is 13.3. The summed E-state index contributed by atoms with van der Waals surface area (Å²) in [4.78, 5) is 24.6. The van der Waals surface area contributed by atoms with Crippen LogP contribution in [-0.4, -0.2) is 39.4 Å². The Morgan fingerprint density at radius 2 is 1.79 bits per heavy atom. The van der Waals surface area contributed by atoms with E-state index in [1.807, 2.05) is 23.7 Å². The topological polar surface area (TPSA) is 91.6 Å². The largest absolute Gasteiger partial charge is 0.481 e. The molecular weight excluding hydrogens is 495 g/mol. The van der Waals surface area contributed by atoms with Crippen molar-refractivity contribution in [1.29, 1.82) is 0 Å². The molecule has 6 nitrogen and oxygen atoms in total. The molecule has 2 aromatic rings. The number of carbonyl (C=O) groups excluding carboxylic acids is 1. The maximum Gasteiger partial charge on any atom is 0.306 e. The zero-order valence-electron chi connectivity index (χ0n) is 23.7. The SMILES string of the molecule is Cn1c(C(=O)N[C@H]2C[C@H](C(=O)O)C2)cc(-c2cc(C(C)(C)O)cc(C3(C)CC3)c2)c1CC1CCCC(CF)C1. The maximum absolute atomic E-state index is 13.6. The van der Waals surface area contributed by atoms with Crippen LogP contribution in [0.4, 0.5) is 4.39 Å². The Bertz CT molecular complexity index is 1230. The summed E-state index contributed by atoms with van der Waals surface area (Å²) in [7, 11) is 1.92. The molecule has 1 heterocycles. The molecule has 0 spiro atoms. The van der Waals surface area contributed by atoms with Crippen LogP contribution in [0.2, 0.25) is 0 Å². The lowest BCUT2D eigenvalue weighted by Gasteiger charge is -2.32. The second kappa shape index (κ2) is 10.4. The summed E-state index contributed by atoms with van der Waals surface area (Å²) in [6, 6.07) is 8.21. The number of nitrogens with one attached hydrogen (secondary N) is 1. The standard InChI is InChI=1S/C32H43FN2O4/c1-31(2,39)23-12-21(13-24(16-23)32(3)8-9-32)26-17-28(29(36)34-25-14-22(15-25)30(37)38)35(4)27(26)11-19-6-5-7-20(10-19)18-33/h12-13,16-17,19-20,22,25,39H,5-11,14-15,18H2,1-4H3,(H,34,36)(H,37,38)/t19?,20?,22-,25-. The third kappa shape index (κ3) is 5.79. The van der Waals surface area contributed by atoms with Gasteiger partial charge < -0.3 is 20.1 Å². The highest BCUT2D eigenvalue weighted by molar-refractivity contribution is 5.95. The number of benzene rings is 1. The Morgan fingerprint density at radius 3 is 2.41 bits per heavy atom. The normalized spacial score (nSPS) is 26.1. The average Bonchev–Trinajstić information content (AvgIpc) is 3.54. The lowest BCUT2D eigenvalue weighted by Crippen LogP contribution is -2.47. The summed E-state index contributed by atoms with van der Waals surface area (Å²) < 4.78 is 15.5. The Hall–Kier alpha value is -2.67. The molecule has 3 saturated carbocycles. The van der Waals surface area contributed by atoms with E-state index in [0.29, 0.717) is 24.5 Å². The number of aliphatic hydroxyl groups is 1. The molecule has 1 aromatic carbocycles. The van der Waals surface area contributed by atoms with Gasteiger partial charge in [0.05, 0.1) is 18.2 Å². The van der Waals surface area contributed by atoms with Crippen LogP contribution in [0, 0.1) is 17.8 Å². The van der Waals surface area contributed by atoms with Crippen LogP contribution in [0.1, 0.15) is 99.4 Å². The Kier molecular flexibility index (Phi) is 7.42. The van der Waals surface area contributed by atoms with Gasteiger partial charge in [0, 0.05) is 24.3 Å². The number of aliphatic carboxylic acids is 1. The zero-order valence-corrected chi connectivity index (χ0v) is 23.7. The van der Waals surface area contributed by atoms with Crippen LogP contribution in [-0.2, 0) is 29.3 Å². The molecule has 2 unspecified atom stereocenters. The van der Waals surface area contributed by atoms with Crippen molar-refractivity contribution in [2.45, 2.75) is 95.6 Å². The van der Waals surface area contributed by atoms with Crippen molar-refractivity contribution in [3.05, 3.63) is 46.8 Å². The van der Waals surface area contributed by atoms with Crippen LogP contribution < -0.4 is 5.32 Å². The third-order valence-corrected chi connectivity index (χ3v) is 9.65. The van der Waals surface area contributed by atoms with Crippen LogP contribution >= 0.6 is 0 Å². The molecule has 2 atom stereocenters. The van der Waals surface area contributed by atoms with E-state index in [1.165, 1.54) is 5.56 Å². The fourth-order valence-electron chi connectivity index (χ4n) is 6.52. The number of rotatable bonds is 9. The molecule has 0 saturated heterocycles. The number of aromatic nitrogens is 1. The van der Waals surface area contributed by atoms with Crippen LogP contribution in [0.25, 0.3) is 11.1 Å². The molecule has 39 heavy (non-hydrogen) atoms. The van der Waals surface area contributed by atoms with Crippen LogP contribution in [0.3, 0.4) is 0 Å². The molecule has 1 aromatic heterocycles. The van der Waals surface area contributed by atoms with Crippen molar-refractivity contribution >= 4 is 11.9 Å². The minimum absolute atomic E-state index is 0.105. The van der Waals surface area contributed by atoms with Crippen LogP contribution in [0.15, 0.2) is 24.3 Å². The first-order chi connectivity index (χ1) is 18.4. The lowest BCUT2D eigenvalue weighted by atomic mass is 9.79. The number of amides is 1. The highest BCUT2D eigenvalue weighted by Crippen LogP contribution is 2.49. The fraction of sp³-hybridized carbons (Fsp3) is 0.625. The smallest absolute Gasteiger partial charge is 0.306 e. The minimum atomic E-state index is -1.01. The van der Waals surface area contributed by atoms with E-state index in [1.54, 1.807) is 13.8 Å². The first-order valence-corrected chi connectivity index (χ1v) is 14.5. The summed E-state index contributed by atoms with van der Waals surface area (Å²) in [5.74, 6) is -0.942. The van der Waals surface area contributed by atoms with Gasteiger partial charge in [-0.25, -0.2) is 0 Å². The van der Waals surface area contributed by atoms with Gasteiger partial charge in [0.2, 0.25) is 0 Å². The number of carbonyl (C=O) groups is 2. The molecule has 212 valence electrons. The van der Waals surface area contributed by atoms with Gasteiger partial charge in [-0.1, -0.05) is 31.9 Å². The van der Waals surface area contributed by atoms with E-state index in [9.17, 15) is 24.2 Å². The van der Waals surface area contributed by atoms with Gasteiger partial charge in [0.1, 0.15) is 5.69 Å². The fourth-order valence-corrected chi connectivity index (χ4v) is 6.52. The lowest BCUT2D eigenvalue weighted by molar-refractivity contribution is -0.145. The Morgan fingerprint density at radius 1 is 1.10 bits per heavy atom. The van der Waals surface area contributed by atoms with Gasteiger partial charge in [-0.3, -0.25) is 14.0 Å². The maximum atomic E-state index is 13.6. The van der Waals surface area contributed by atoms with Gasteiger partial charge in [-0.05, 0) is 105 Å². The van der Waals surface area contributed by atoms with E-state index in [2.05, 4.69) is 24.4 Å². The molecule has 0 bridgehead atoms. The Balaban J connectivity index is 1.52. The summed E-state index contributed by atoms with van der Waals surface area (Å²) in [5.41, 5.74) is 4.75. The monoisotopic (exact) mass is 538 g/mol.